The van der Waals surface area contributed by atoms with Gasteiger partial charge in [-0.05, 0) is 74.1 Å². The number of piperidine rings is 1. The average molecular weight is 443 g/mol. The minimum Gasteiger partial charge on any atom is -0.353 e. The number of hydrogen-bond acceptors (Lipinski definition) is 4. The molecule has 6 nitrogen and oxygen atoms in total. The summed E-state index contributed by atoms with van der Waals surface area (Å²) < 4.78 is 0. The Morgan fingerprint density at radius 3 is 2.55 bits per heavy atom. The van der Waals surface area contributed by atoms with E-state index in [9.17, 15) is 9.59 Å². The summed E-state index contributed by atoms with van der Waals surface area (Å²) in [5.74, 6) is -0.0716. The smallest absolute Gasteiger partial charge is 0.255 e. The van der Waals surface area contributed by atoms with Gasteiger partial charge in [0.15, 0.2) is 0 Å². The predicted molar refractivity (Wildman–Crippen MR) is 128 cm³/mol. The van der Waals surface area contributed by atoms with Gasteiger partial charge in [0.1, 0.15) is 0 Å². The zero-order valence-electron chi connectivity index (χ0n) is 19.2. The van der Waals surface area contributed by atoms with Crippen LogP contribution in [0, 0.1) is 5.41 Å². The molecule has 1 atom stereocenters. The van der Waals surface area contributed by atoms with Crippen LogP contribution >= 0.6 is 0 Å². The largest absolute Gasteiger partial charge is 0.353 e. The minimum atomic E-state index is -0.705. The zero-order valence-corrected chi connectivity index (χ0v) is 19.2. The van der Waals surface area contributed by atoms with Crippen LogP contribution in [-0.2, 0) is 11.2 Å². The zero-order chi connectivity index (χ0) is 23.3. The number of likely N-dealkylation sites (tertiary alicyclic amines) is 1. The highest BCUT2D eigenvalue weighted by atomic mass is 16.2. The van der Waals surface area contributed by atoms with Gasteiger partial charge in [-0.15, -0.1) is 0 Å². The molecule has 1 fully saturated rings. The van der Waals surface area contributed by atoms with Crippen LogP contribution < -0.4 is 5.32 Å². The van der Waals surface area contributed by atoms with Crippen molar-refractivity contribution in [3.8, 4) is 11.1 Å². The summed E-state index contributed by atoms with van der Waals surface area (Å²) in [6.45, 7) is 4.95. The molecule has 2 aromatic heterocycles. The Kier molecular flexibility index (Phi) is 6.82. The normalized spacial score (nSPS) is 18.2. The molecule has 3 aromatic rings. The van der Waals surface area contributed by atoms with E-state index >= 15 is 0 Å². The fourth-order valence-electron chi connectivity index (χ4n) is 4.65. The van der Waals surface area contributed by atoms with Crippen molar-refractivity contribution in [2.75, 3.05) is 13.1 Å². The van der Waals surface area contributed by atoms with Gasteiger partial charge in [0.05, 0.1) is 11.0 Å². The second-order valence-electron chi connectivity index (χ2n) is 9.05. The van der Waals surface area contributed by atoms with Gasteiger partial charge in [0.25, 0.3) is 5.91 Å². The number of pyridine rings is 2. The molecule has 3 heterocycles. The van der Waals surface area contributed by atoms with Gasteiger partial charge in [-0.1, -0.05) is 24.3 Å². The van der Waals surface area contributed by atoms with Gasteiger partial charge in [-0.25, -0.2) is 0 Å². The third kappa shape index (κ3) is 5.11. The van der Waals surface area contributed by atoms with Crippen LogP contribution in [0.5, 0.6) is 0 Å². The van der Waals surface area contributed by atoms with E-state index in [-0.39, 0.29) is 17.9 Å². The second-order valence-corrected chi connectivity index (χ2v) is 9.05. The van der Waals surface area contributed by atoms with E-state index in [0.29, 0.717) is 25.1 Å². The Bertz CT molecular complexity index is 1100. The molecule has 6 heteroatoms. The molecule has 170 valence electrons. The number of hydrogen-bond donors (Lipinski definition) is 1. The van der Waals surface area contributed by atoms with Crippen LogP contribution in [-0.4, -0.2) is 45.8 Å². The molecule has 0 radical (unpaired) electrons. The van der Waals surface area contributed by atoms with E-state index in [1.165, 1.54) is 0 Å². The number of amides is 2. The summed E-state index contributed by atoms with van der Waals surface area (Å²) in [6, 6.07) is 15.7. The van der Waals surface area contributed by atoms with Crippen molar-refractivity contribution in [2.45, 2.75) is 39.2 Å². The number of carbonyl (C=O) groups excluding carboxylic acids is 2. The molecule has 1 aliphatic rings. The third-order valence-corrected chi connectivity index (χ3v) is 6.21. The molecule has 1 aromatic carbocycles. The molecule has 0 aliphatic carbocycles. The first kappa shape index (κ1) is 22.6. The molecule has 1 saturated heterocycles. The number of nitrogens with zero attached hydrogens (tertiary/aromatic N) is 3. The van der Waals surface area contributed by atoms with Gasteiger partial charge >= 0.3 is 0 Å². The third-order valence-electron chi connectivity index (χ3n) is 6.21. The fourth-order valence-corrected chi connectivity index (χ4v) is 4.65. The van der Waals surface area contributed by atoms with E-state index in [2.05, 4.69) is 27.4 Å². The summed E-state index contributed by atoms with van der Waals surface area (Å²) in [5, 5.41) is 3.13. The highest BCUT2D eigenvalue weighted by Crippen LogP contribution is 2.37. The van der Waals surface area contributed by atoms with Gasteiger partial charge < -0.3 is 10.2 Å². The summed E-state index contributed by atoms with van der Waals surface area (Å²) in [7, 11) is 0. The lowest BCUT2D eigenvalue weighted by atomic mass is 9.73. The molecule has 4 rings (SSSR count). The first-order valence-electron chi connectivity index (χ1n) is 11.5. The Hall–Kier alpha value is -3.54. The van der Waals surface area contributed by atoms with Crippen molar-refractivity contribution >= 4 is 11.8 Å². The van der Waals surface area contributed by atoms with E-state index in [1.807, 2.05) is 43.0 Å². The summed E-state index contributed by atoms with van der Waals surface area (Å²) in [6.07, 6.45) is 8.86. The Balaban J connectivity index is 1.69. The molecule has 1 N–H and O–H groups in total. The van der Waals surface area contributed by atoms with Gasteiger partial charge in [0, 0.05) is 43.9 Å². The number of benzene rings is 1. The van der Waals surface area contributed by atoms with Crippen LogP contribution in [0.25, 0.3) is 11.1 Å². The minimum absolute atomic E-state index is 0.00529. The quantitative estimate of drug-likeness (QED) is 0.623. The number of rotatable bonds is 6. The maximum atomic E-state index is 13.6. The van der Waals surface area contributed by atoms with E-state index in [1.54, 1.807) is 36.9 Å². The monoisotopic (exact) mass is 442 g/mol. The van der Waals surface area contributed by atoms with Crippen LogP contribution in [0.4, 0.5) is 0 Å². The lowest BCUT2D eigenvalue weighted by Crippen LogP contribution is -2.55. The highest BCUT2D eigenvalue weighted by molar-refractivity contribution is 5.95. The van der Waals surface area contributed by atoms with Crippen molar-refractivity contribution in [3.63, 3.8) is 0 Å². The van der Waals surface area contributed by atoms with Crippen molar-refractivity contribution in [1.82, 2.24) is 20.2 Å². The van der Waals surface area contributed by atoms with Crippen molar-refractivity contribution in [2.24, 2.45) is 5.41 Å². The number of nitrogens with one attached hydrogen (secondary N) is 1. The van der Waals surface area contributed by atoms with Gasteiger partial charge in [-0.2, -0.15) is 0 Å². The molecular weight excluding hydrogens is 412 g/mol. The Labute approximate surface area is 195 Å². The summed E-state index contributed by atoms with van der Waals surface area (Å²) >= 11 is 0. The van der Waals surface area contributed by atoms with Crippen molar-refractivity contribution in [3.05, 3.63) is 84.4 Å². The van der Waals surface area contributed by atoms with Crippen LogP contribution in [0.15, 0.2) is 73.3 Å². The van der Waals surface area contributed by atoms with Gasteiger partial charge in [-0.3, -0.25) is 19.6 Å². The van der Waals surface area contributed by atoms with Crippen molar-refractivity contribution < 1.29 is 9.59 Å². The fraction of sp³-hybridized carbons (Fsp3) is 0.333. The van der Waals surface area contributed by atoms with Gasteiger partial charge in [0.2, 0.25) is 5.91 Å². The van der Waals surface area contributed by atoms with Crippen LogP contribution in [0.3, 0.4) is 0 Å². The van der Waals surface area contributed by atoms with Crippen LogP contribution in [0.1, 0.15) is 42.6 Å². The lowest BCUT2D eigenvalue weighted by Gasteiger charge is -2.42. The second kappa shape index (κ2) is 9.94. The standard InChI is InChI=1S/C27H30N4O2/c1-20(2)30-26(33)27(12-6-16-31(19-27)25(32)23-8-5-13-29-18-23)17-22-7-3-4-9-24(22)21-10-14-28-15-11-21/h3-5,7-11,13-15,18,20H,6,12,16-17,19H2,1-2H3,(H,30,33)/t27-/m1/s1. The van der Waals surface area contributed by atoms with Crippen molar-refractivity contribution in [1.29, 1.82) is 0 Å². The number of aromatic nitrogens is 2. The maximum absolute atomic E-state index is 13.6. The highest BCUT2D eigenvalue weighted by Gasteiger charge is 2.44. The molecule has 2 amide bonds. The molecule has 0 bridgehead atoms. The first-order valence-corrected chi connectivity index (χ1v) is 11.5. The topological polar surface area (TPSA) is 75.2 Å². The Morgan fingerprint density at radius 1 is 1.03 bits per heavy atom. The SMILES string of the molecule is CC(C)NC(=O)[C@@]1(Cc2ccccc2-c2ccncc2)CCCN(C(=O)c2cccnc2)C1. The molecule has 1 aliphatic heterocycles. The average Bonchev–Trinajstić information content (AvgIpc) is 2.85. The first-order chi connectivity index (χ1) is 16.0. The molecular formula is C27H30N4O2. The maximum Gasteiger partial charge on any atom is 0.255 e. The molecule has 0 saturated carbocycles. The number of carbonyl (C=O) groups is 2. The Morgan fingerprint density at radius 2 is 1.82 bits per heavy atom. The lowest BCUT2D eigenvalue weighted by molar-refractivity contribution is -0.134. The predicted octanol–water partition coefficient (Wildman–Crippen LogP) is 4.13. The molecule has 0 unspecified atom stereocenters. The molecule has 33 heavy (non-hydrogen) atoms. The summed E-state index contributed by atoms with van der Waals surface area (Å²) in [5.41, 5.74) is 3.10. The van der Waals surface area contributed by atoms with E-state index in [0.717, 1.165) is 29.5 Å². The van der Waals surface area contributed by atoms with E-state index in [4.69, 9.17) is 0 Å². The molecule has 0 spiro atoms. The van der Waals surface area contributed by atoms with Crippen LogP contribution in [0.2, 0.25) is 0 Å². The summed E-state index contributed by atoms with van der Waals surface area (Å²) in [4.78, 5) is 36.9. The van der Waals surface area contributed by atoms with E-state index < -0.39 is 5.41 Å².